The number of rotatable bonds is 4. The van der Waals surface area contributed by atoms with E-state index in [9.17, 15) is 18.8 Å². The number of benzene rings is 1. The van der Waals surface area contributed by atoms with Gasteiger partial charge in [-0.15, -0.1) is 0 Å². The molecule has 0 bridgehead atoms. The number of carbonyl (C=O) groups excluding carboxylic acids is 3. The van der Waals surface area contributed by atoms with Gasteiger partial charge in [0.1, 0.15) is 5.82 Å². The summed E-state index contributed by atoms with van der Waals surface area (Å²) < 4.78 is 17.9. The molecule has 2 amide bonds. The summed E-state index contributed by atoms with van der Waals surface area (Å²) in [5, 5.41) is 0. The molecule has 7 heteroatoms. The van der Waals surface area contributed by atoms with E-state index < -0.39 is 23.8 Å². The Bertz CT molecular complexity index is 595. The molecule has 0 spiro atoms. The van der Waals surface area contributed by atoms with Crippen molar-refractivity contribution in [2.75, 3.05) is 13.1 Å². The van der Waals surface area contributed by atoms with E-state index in [1.807, 2.05) is 0 Å². The molecule has 0 aromatic heterocycles. The number of ether oxygens (including phenoxy) is 1. The first-order chi connectivity index (χ1) is 10.9. The van der Waals surface area contributed by atoms with Gasteiger partial charge in [0.2, 0.25) is 0 Å². The summed E-state index contributed by atoms with van der Waals surface area (Å²) in [6.07, 6.45) is -0.0458. The highest BCUT2D eigenvalue weighted by Crippen LogP contribution is 2.21. The van der Waals surface area contributed by atoms with Gasteiger partial charge in [0.25, 0.3) is 11.8 Å². The van der Waals surface area contributed by atoms with Crippen molar-refractivity contribution >= 4 is 17.8 Å². The van der Waals surface area contributed by atoms with Gasteiger partial charge in [-0.1, -0.05) is 0 Å². The normalized spacial score (nSPS) is 16.7. The summed E-state index contributed by atoms with van der Waals surface area (Å²) in [7, 11) is 0. The van der Waals surface area contributed by atoms with Crippen LogP contribution < -0.4 is 5.73 Å². The standard InChI is InChI=1S/C16H19FN2O4/c1-10(14(18)20)23-16(22)12-6-8-19(9-7-12)15(21)11-2-4-13(17)5-3-11/h2-5,10,12H,6-9H2,1H3,(H2,18,20)/t10-/m0/s1. The molecule has 1 atom stereocenters. The van der Waals surface area contributed by atoms with E-state index in [4.69, 9.17) is 10.5 Å². The van der Waals surface area contributed by atoms with Crippen LogP contribution in [0.1, 0.15) is 30.1 Å². The summed E-state index contributed by atoms with van der Waals surface area (Å²) in [6, 6.07) is 5.35. The molecule has 1 aromatic carbocycles. The molecule has 6 nitrogen and oxygen atoms in total. The Morgan fingerprint density at radius 3 is 2.30 bits per heavy atom. The number of esters is 1. The van der Waals surface area contributed by atoms with E-state index in [-0.39, 0.29) is 11.8 Å². The van der Waals surface area contributed by atoms with Gasteiger partial charge in [-0.25, -0.2) is 4.39 Å². The third-order valence-corrected chi connectivity index (χ3v) is 3.90. The minimum Gasteiger partial charge on any atom is -0.452 e. The number of halogens is 1. The quantitative estimate of drug-likeness (QED) is 0.840. The van der Waals surface area contributed by atoms with Crippen molar-refractivity contribution in [3.8, 4) is 0 Å². The van der Waals surface area contributed by atoms with Crippen LogP contribution in [0.5, 0.6) is 0 Å². The molecule has 0 radical (unpaired) electrons. The van der Waals surface area contributed by atoms with Crippen LogP contribution in [0.15, 0.2) is 24.3 Å². The minimum absolute atomic E-state index is 0.192. The summed E-state index contributed by atoms with van der Waals surface area (Å²) in [5.74, 6) is -2.10. The molecule has 0 unspecified atom stereocenters. The smallest absolute Gasteiger partial charge is 0.309 e. The summed E-state index contributed by atoms with van der Waals surface area (Å²) in [6.45, 7) is 2.23. The molecule has 1 fully saturated rings. The van der Waals surface area contributed by atoms with Gasteiger partial charge in [-0.05, 0) is 44.0 Å². The molecule has 1 aliphatic heterocycles. The highest BCUT2D eigenvalue weighted by atomic mass is 19.1. The maximum atomic E-state index is 12.9. The minimum atomic E-state index is -0.957. The van der Waals surface area contributed by atoms with E-state index in [2.05, 4.69) is 0 Å². The van der Waals surface area contributed by atoms with Crippen LogP contribution in [-0.4, -0.2) is 41.9 Å². The zero-order chi connectivity index (χ0) is 17.0. The largest absolute Gasteiger partial charge is 0.452 e. The lowest BCUT2D eigenvalue weighted by Crippen LogP contribution is -2.42. The van der Waals surface area contributed by atoms with Gasteiger partial charge in [-0.2, -0.15) is 0 Å². The molecular formula is C16H19FN2O4. The topological polar surface area (TPSA) is 89.7 Å². The molecule has 2 rings (SSSR count). The molecule has 1 aliphatic rings. The second-order valence-corrected chi connectivity index (χ2v) is 5.55. The maximum absolute atomic E-state index is 12.9. The van der Waals surface area contributed by atoms with Crippen LogP contribution in [0.25, 0.3) is 0 Å². The Kier molecular flexibility index (Phi) is 5.31. The van der Waals surface area contributed by atoms with Crippen molar-refractivity contribution in [3.05, 3.63) is 35.6 Å². The maximum Gasteiger partial charge on any atom is 0.309 e. The molecule has 23 heavy (non-hydrogen) atoms. The SMILES string of the molecule is C[C@H](OC(=O)C1CCN(C(=O)c2ccc(F)cc2)CC1)C(N)=O. The number of amides is 2. The predicted molar refractivity (Wildman–Crippen MR) is 79.8 cm³/mol. The molecule has 1 heterocycles. The predicted octanol–water partition coefficient (Wildman–Crippen LogP) is 1.09. The van der Waals surface area contributed by atoms with Gasteiger partial charge < -0.3 is 15.4 Å². The number of piperidine rings is 1. The lowest BCUT2D eigenvalue weighted by atomic mass is 9.96. The highest BCUT2D eigenvalue weighted by molar-refractivity contribution is 5.94. The third-order valence-electron chi connectivity index (χ3n) is 3.90. The molecule has 1 aromatic rings. The fourth-order valence-electron chi connectivity index (χ4n) is 2.42. The van der Waals surface area contributed by atoms with Crippen LogP contribution in [0.4, 0.5) is 4.39 Å². The molecule has 0 aliphatic carbocycles. The Balaban J connectivity index is 1.88. The highest BCUT2D eigenvalue weighted by Gasteiger charge is 2.30. The van der Waals surface area contributed by atoms with Crippen LogP contribution in [-0.2, 0) is 14.3 Å². The number of primary amides is 1. The second-order valence-electron chi connectivity index (χ2n) is 5.55. The van der Waals surface area contributed by atoms with E-state index in [0.29, 0.717) is 31.5 Å². The van der Waals surface area contributed by atoms with Crippen LogP contribution in [0.3, 0.4) is 0 Å². The lowest BCUT2D eigenvalue weighted by Gasteiger charge is -2.31. The molecule has 1 saturated heterocycles. The second kappa shape index (κ2) is 7.21. The average molecular weight is 322 g/mol. The Labute approximate surface area is 133 Å². The van der Waals surface area contributed by atoms with Crippen molar-refractivity contribution in [2.24, 2.45) is 11.7 Å². The zero-order valence-electron chi connectivity index (χ0n) is 12.8. The van der Waals surface area contributed by atoms with Crippen LogP contribution in [0.2, 0.25) is 0 Å². The monoisotopic (exact) mass is 322 g/mol. The summed E-state index contributed by atoms with van der Waals surface area (Å²) >= 11 is 0. The molecular weight excluding hydrogens is 303 g/mol. The summed E-state index contributed by atoms with van der Waals surface area (Å²) in [5.41, 5.74) is 5.47. The van der Waals surface area contributed by atoms with Gasteiger partial charge in [-0.3, -0.25) is 14.4 Å². The van der Waals surface area contributed by atoms with Gasteiger partial charge >= 0.3 is 5.97 Å². The van der Waals surface area contributed by atoms with E-state index in [1.165, 1.54) is 31.2 Å². The van der Waals surface area contributed by atoms with Gasteiger partial charge in [0.05, 0.1) is 5.92 Å². The van der Waals surface area contributed by atoms with Crippen molar-refractivity contribution in [1.82, 2.24) is 4.90 Å². The Hall–Kier alpha value is -2.44. The van der Waals surface area contributed by atoms with E-state index in [0.717, 1.165) is 0 Å². The van der Waals surface area contributed by atoms with Crippen LogP contribution in [0, 0.1) is 11.7 Å². The third kappa shape index (κ3) is 4.28. The average Bonchev–Trinajstić information content (AvgIpc) is 2.55. The fraction of sp³-hybridized carbons (Fsp3) is 0.438. The summed E-state index contributed by atoms with van der Waals surface area (Å²) in [4.78, 5) is 36.7. The Morgan fingerprint density at radius 2 is 1.78 bits per heavy atom. The number of nitrogens with zero attached hydrogens (tertiary/aromatic N) is 1. The van der Waals surface area contributed by atoms with Crippen LogP contribution >= 0.6 is 0 Å². The Morgan fingerprint density at radius 1 is 1.22 bits per heavy atom. The van der Waals surface area contributed by atoms with Crippen molar-refractivity contribution in [2.45, 2.75) is 25.9 Å². The zero-order valence-corrected chi connectivity index (χ0v) is 12.8. The van der Waals surface area contributed by atoms with Gasteiger partial charge in [0, 0.05) is 18.7 Å². The van der Waals surface area contributed by atoms with E-state index >= 15 is 0 Å². The molecule has 2 N–H and O–H groups in total. The van der Waals surface area contributed by atoms with E-state index in [1.54, 1.807) is 4.90 Å². The fourth-order valence-corrected chi connectivity index (χ4v) is 2.42. The van der Waals surface area contributed by atoms with Gasteiger partial charge in [0.15, 0.2) is 6.10 Å². The van der Waals surface area contributed by atoms with Crippen molar-refractivity contribution in [3.63, 3.8) is 0 Å². The molecule has 0 saturated carbocycles. The number of likely N-dealkylation sites (tertiary alicyclic amines) is 1. The van der Waals surface area contributed by atoms with Crippen molar-refractivity contribution in [1.29, 1.82) is 0 Å². The first-order valence-electron chi connectivity index (χ1n) is 7.43. The number of hydrogen-bond acceptors (Lipinski definition) is 4. The number of hydrogen-bond donors (Lipinski definition) is 1. The first-order valence-corrected chi connectivity index (χ1v) is 7.43. The lowest BCUT2D eigenvalue weighted by molar-refractivity contribution is -0.159. The number of nitrogens with two attached hydrogens (primary N) is 1. The first kappa shape index (κ1) is 16.9. The number of carbonyl (C=O) groups is 3. The van der Waals surface area contributed by atoms with Crippen molar-refractivity contribution < 1.29 is 23.5 Å². The molecule has 124 valence electrons.